The van der Waals surface area contributed by atoms with Crippen molar-refractivity contribution < 1.29 is 9.53 Å². The standard InChI is InChI=1S/C16H26O2/c1-10(2)16(11(3)4)7-12-5-13(16)15(6-12)8-14(17)18-9-15/h10-13H,5-9H2,1-4H3. The summed E-state index contributed by atoms with van der Waals surface area (Å²) in [5.41, 5.74) is 0.644. The second-order valence-electron chi connectivity index (χ2n) is 7.68. The van der Waals surface area contributed by atoms with Gasteiger partial charge in [0.2, 0.25) is 0 Å². The smallest absolute Gasteiger partial charge is 0.306 e. The summed E-state index contributed by atoms with van der Waals surface area (Å²) in [7, 11) is 0. The molecule has 0 N–H and O–H groups in total. The van der Waals surface area contributed by atoms with Crippen molar-refractivity contribution in [1.82, 2.24) is 0 Å². The zero-order chi connectivity index (χ0) is 13.1. The quantitative estimate of drug-likeness (QED) is 0.699. The number of carbonyl (C=O) groups excluding carboxylic acids is 1. The van der Waals surface area contributed by atoms with Gasteiger partial charge in [-0.25, -0.2) is 0 Å². The number of rotatable bonds is 2. The first kappa shape index (κ1) is 12.5. The molecule has 102 valence electrons. The highest BCUT2D eigenvalue weighted by Gasteiger charge is 2.66. The molecule has 2 nitrogen and oxygen atoms in total. The summed E-state index contributed by atoms with van der Waals surface area (Å²) in [6.07, 6.45) is 4.65. The Morgan fingerprint density at radius 2 is 1.83 bits per heavy atom. The first-order valence-electron chi connectivity index (χ1n) is 7.56. The minimum atomic E-state index is 0.0453. The zero-order valence-electron chi connectivity index (χ0n) is 12.2. The van der Waals surface area contributed by atoms with E-state index in [2.05, 4.69) is 27.7 Å². The van der Waals surface area contributed by atoms with E-state index in [1.807, 2.05) is 0 Å². The van der Waals surface area contributed by atoms with Crippen LogP contribution in [0.3, 0.4) is 0 Å². The summed E-state index contributed by atoms with van der Waals surface area (Å²) in [6.45, 7) is 10.2. The maximum Gasteiger partial charge on any atom is 0.306 e. The first-order chi connectivity index (χ1) is 8.41. The van der Waals surface area contributed by atoms with Gasteiger partial charge in [-0.05, 0) is 48.3 Å². The van der Waals surface area contributed by atoms with Crippen LogP contribution in [0.4, 0.5) is 0 Å². The summed E-state index contributed by atoms with van der Waals surface area (Å²) < 4.78 is 5.36. The molecule has 0 aromatic heterocycles. The number of esters is 1. The third-order valence-electron chi connectivity index (χ3n) is 6.46. The molecule has 2 bridgehead atoms. The Bertz CT molecular complexity index is 363. The number of ether oxygens (including phenoxy) is 1. The Balaban J connectivity index is 1.98. The lowest BCUT2D eigenvalue weighted by Crippen LogP contribution is -2.47. The van der Waals surface area contributed by atoms with Crippen LogP contribution in [0.2, 0.25) is 0 Å². The van der Waals surface area contributed by atoms with E-state index in [4.69, 9.17) is 4.74 Å². The number of hydrogen-bond acceptors (Lipinski definition) is 2. The fraction of sp³-hybridized carbons (Fsp3) is 0.938. The molecule has 1 aliphatic heterocycles. The Hall–Kier alpha value is -0.530. The van der Waals surface area contributed by atoms with Crippen LogP contribution in [0.5, 0.6) is 0 Å². The molecule has 1 saturated heterocycles. The number of cyclic esters (lactones) is 1. The molecule has 0 amide bonds. The SMILES string of the molecule is CC(C)C1(C(C)C)CC2CC1C1(COC(=O)C1)C2. The molecule has 3 unspecified atom stereocenters. The molecule has 18 heavy (non-hydrogen) atoms. The molecular formula is C16H26O2. The second-order valence-corrected chi connectivity index (χ2v) is 7.68. The molecule has 0 radical (unpaired) electrons. The van der Waals surface area contributed by atoms with Gasteiger partial charge in [0.1, 0.15) is 0 Å². The van der Waals surface area contributed by atoms with Crippen LogP contribution >= 0.6 is 0 Å². The number of hydrogen-bond donors (Lipinski definition) is 0. The monoisotopic (exact) mass is 250 g/mol. The molecule has 0 aromatic rings. The van der Waals surface area contributed by atoms with Crippen LogP contribution in [0.15, 0.2) is 0 Å². The highest BCUT2D eigenvalue weighted by atomic mass is 16.5. The minimum Gasteiger partial charge on any atom is -0.465 e. The summed E-state index contributed by atoms with van der Waals surface area (Å²) >= 11 is 0. The molecule has 3 fully saturated rings. The van der Waals surface area contributed by atoms with Crippen LogP contribution in [0.25, 0.3) is 0 Å². The lowest BCUT2D eigenvalue weighted by molar-refractivity contribution is -0.137. The molecular weight excluding hydrogens is 224 g/mol. The van der Waals surface area contributed by atoms with Gasteiger partial charge in [0, 0.05) is 5.41 Å². The van der Waals surface area contributed by atoms with Crippen LogP contribution in [0.1, 0.15) is 53.4 Å². The van der Waals surface area contributed by atoms with Gasteiger partial charge in [-0.2, -0.15) is 0 Å². The molecule has 1 spiro atoms. The van der Waals surface area contributed by atoms with Crippen LogP contribution in [-0.4, -0.2) is 12.6 Å². The van der Waals surface area contributed by atoms with Gasteiger partial charge in [-0.3, -0.25) is 4.79 Å². The van der Waals surface area contributed by atoms with Crippen LogP contribution < -0.4 is 0 Å². The van der Waals surface area contributed by atoms with Crippen molar-refractivity contribution in [3.8, 4) is 0 Å². The third-order valence-corrected chi connectivity index (χ3v) is 6.46. The average molecular weight is 250 g/mol. The highest BCUT2D eigenvalue weighted by molar-refractivity contribution is 5.72. The van der Waals surface area contributed by atoms with Gasteiger partial charge in [-0.15, -0.1) is 0 Å². The predicted octanol–water partition coefficient (Wildman–Crippen LogP) is 3.65. The average Bonchev–Trinajstić information content (AvgIpc) is 2.91. The van der Waals surface area contributed by atoms with Crippen LogP contribution in [-0.2, 0) is 9.53 Å². The van der Waals surface area contributed by atoms with E-state index < -0.39 is 0 Å². The van der Waals surface area contributed by atoms with Gasteiger partial charge in [0.05, 0.1) is 13.0 Å². The maximum atomic E-state index is 11.6. The molecule has 3 rings (SSSR count). The van der Waals surface area contributed by atoms with Crippen molar-refractivity contribution in [2.24, 2.45) is 34.5 Å². The van der Waals surface area contributed by atoms with Gasteiger partial charge < -0.3 is 4.74 Å². The van der Waals surface area contributed by atoms with Gasteiger partial charge >= 0.3 is 5.97 Å². The fourth-order valence-electron chi connectivity index (χ4n) is 5.88. The first-order valence-corrected chi connectivity index (χ1v) is 7.56. The second kappa shape index (κ2) is 3.74. The van der Waals surface area contributed by atoms with E-state index in [1.165, 1.54) is 19.3 Å². The molecule has 2 heteroatoms. The minimum absolute atomic E-state index is 0.0453. The molecule has 3 aliphatic rings. The number of carbonyl (C=O) groups is 1. The lowest BCUT2D eigenvalue weighted by Gasteiger charge is -2.51. The van der Waals surface area contributed by atoms with Crippen LogP contribution in [0, 0.1) is 34.5 Å². The Morgan fingerprint density at radius 1 is 1.17 bits per heavy atom. The molecule has 2 aliphatic carbocycles. The van der Waals surface area contributed by atoms with E-state index in [0.717, 1.165) is 5.92 Å². The van der Waals surface area contributed by atoms with E-state index in [-0.39, 0.29) is 11.4 Å². The van der Waals surface area contributed by atoms with Gasteiger partial charge in [-0.1, -0.05) is 27.7 Å². The van der Waals surface area contributed by atoms with Crippen molar-refractivity contribution >= 4 is 5.97 Å². The normalized spacial score (nSPS) is 41.3. The third kappa shape index (κ3) is 1.38. The van der Waals surface area contributed by atoms with Crippen molar-refractivity contribution in [3.63, 3.8) is 0 Å². The van der Waals surface area contributed by atoms with Gasteiger partial charge in [0.25, 0.3) is 0 Å². The largest absolute Gasteiger partial charge is 0.465 e. The zero-order valence-corrected chi connectivity index (χ0v) is 12.2. The van der Waals surface area contributed by atoms with Crippen molar-refractivity contribution in [2.75, 3.05) is 6.61 Å². The Labute approximate surface area is 110 Å². The lowest BCUT2D eigenvalue weighted by atomic mass is 9.52. The van der Waals surface area contributed by atoms with E-state index >= 15 is 0 Å². The van der Waals surface area contributed by atoms with Gasteiger partial charge in [0.15, 0.2) is 0 Å². The number of fused-ring (bicyclic) bond motifs is 3. The Kier molecular flexibility index (Phi) is 2.60. The Morgan fingerprint density at radius 3 is 2.28 bits per heavy atom. The fourth-order valence-corrected chi connectivity index (χ4v) is 5.88. The van der Waals surface area contributed by atoms with E-state index in [1.54, 1.807) is 0 Å². The summed E-state index contributed by atoms with van der Waals surface area (Å²) in [6, 6.07) is 0. The predicted molar refractivity (Wildman–Crippen MR) is 70.9 cm³/mol. The summed E-state index contributed by atoms with van der Waals surface area (Å²) in [4.78, 5) is 11.6. The van der Waals surface area contributed by atoms with E-state index in [0.29, 0.717) is 36.2 Å². The summed E-state index contributed by atoms with van der Waals surface area (Å²) in [5, 5.41) is 0. The van der Waals surface area contributed by atoms with E-state index in [9.17, 15) is 4.79 Å². The van der Waals surface area contributed by atoms with Crippen molar-refractivity contribution in [2.45, 2.75) is 53.4 Å². The van der Waals surface area contributed by atoms with Crippen molar-refractivity contribution in [3.05, 3.63) is 0 Å². The summed E-state index contributed by atoms with van der Waals surface area (Å²) in [5.74, 6) is 3.01. The molecule has 0 aromatic carbocycles. The molecule has 1 heterocycles. The molecule has 3 atom stereocenters. The molecule has 2 saturated carbocycles. The highest BCUT2D eigenvalue weighted by Crippen LogP contribution is 2.70. The maximum absolute atomic E-state index is 11.6. The van der Waals surface area contributed by atoms with Crippen molar-refractivity contribution in [1.29, 1.82) is 0 Å². The topological polar surface area (TPSA) is 26.3 Å².